The molecule has 0 saturated carbocycles. The van der Waals surface area contributed by atoms with E-state index in [1.54, 1.807) is 18.2 Å². The third-order valence-corrected chi connectivity index (χ3v) is 3.42. The van der Waals surface area contributed by atoms with Crippen LogP contribution in [0.4, 0.5) is 0 Å². The molecule has 0 fully saturated rings. The summed E-state index contributed by atoms with van der Waals surface area (Å²) in [6.07, 6.45) is 0.598. The smallest absolute Gasteiger partial charge is 0.379 e. The minimum Gasteiger partial charge on any atom is -0.508 e. The Morgan fingerprint density at radius 3 is 2.26 bits per heavy atom. The van der Waals surface area contributed by atoms with Gasteiger partial charge in [-0.1, -0.05) is 30.3 Å². The molecule has 0 radical (unpaired) electrons. The lowest BCUT2D eigenvalue weighted by atomic mass is 10.1. The Morgan fingerprint density at radius 1 is 0.852 bits per heavy atom. The lowest BCUT2D eigenvalue weighted by Crippen LogP contribution is -2.20. The monoisotopic (exact) mass is 372 g/mol. The van der Waals surface area contributed by atoms with Crippen molar-refractivity contribution < 1.29 is 33.7 Å². The summed E-state index contributed by atoms with van der Waals surface area (Å²) < 4.78 is 15.2. The van der Waals surface area contributed by atoms with Crippen LogP contribution in [0.25, 0.3) is 0 Å². The van der Waals surface area contributed by atoms with E-state index in [4.69, 9.17) is 19.3 Å². The number of aromatic hydroxyl groups is 1. The van der Waals surface area contributed by atoms with E-state index in [9.17, 15) is 14.4 Å². The number of ketones is 1. The Kier molecular flexibility index (Phi) is 7.99. The van der Waals surface area contributed by atoms with E-state index in [0.717, 1.165) is 0 Å². The Hall–Kier alpha value is -3.19. The van der Waals surface area contributed by atoms with Gasteiger partial charge in [-0.05, 0) is 30.7 Å². The van der Waals surface area contributed by atoms with Gasteiger partial charge in [0, 0.05) is 18.6 Å². The normalized spacial score (nSPS) is 10.2. The number of hydrogen-bond donors (Lipinski definition) is 1. The van der Waals surface area contributed by atoms with Crippen molar-refractivity contribution in [2.24, 2.45) is 0 Å². The molecular formula is C20H20O7. The summed E-state index contributed by atoms with van der Waals surface area (Å²) in [5, 5.41) is 9.15. The number of Topliss-reactive ketones (excluding diaryl/α,β-unsaturated/α-hetero) is 1. The number of carbonyl (C=O) groups is 3. The van der Waals surface area contributed by atoms with Crippen molar-refractivity contribution in [1.29, 1.82) is 0 Å². The predicted octanol–water partition coefficient (Wildman–Crippen LogP) is 2.52. The Morgan fingerprint density at radius 2 is 1.56 bits per heavy atom. The van der Waals surface area contributed by atoms with Gasteiger partial charge in [0.15, 0.2) is 0 Å². The maximum absolute atomic E-state index is 11.8. The van der Waals surface area contributed by atoms with Gasteiger partial charge in [-0.25, -0.2) is 4.79 Å². The van der Waals surface area contributed by atoms with E-state index in [0.29, 0.717) is 12.2 Å². The van der Waals surface area contributed by atoms with Gasteiger partial charge in [0.2, 0.25) is 0 Å². The molecule has 0 bridgehead atoms. The van der Waals surface area contributed by atoms with Gasteiger partial charge in [-0.15, -0.1) is 0 Å². The Bertz CT molecular complexity index is 754. The van der Waals surface area contributed by atoms with Crippen LogP contribution in [-0.2, 0) is 19.1 Å². The third-order valence-electron chi connectivity index (χ3n) is 3.42. The minimum atomic E-state index is -0.928. The Labute approximate surface area is 156 Å². The zero-order valence-corrected chi connectivity index (χ0v) is 14.6. The lowest BCUT2D eigenvalue weighted by molar-refractivity contribution is -0.139. The molecule has 7 nitrogen and oxygen atoms in total. The molecule has 0 aromatic heterocycles. The average molecular weight is 372 g/mol. The van der Waals surface area contributed by atoms with Crippen LogP contribution >= 0.6 is 0 Å². The highest BCUT2D eigenvalue weighted by atomic mass is 16.6. The number of hydrogen-bond acceptors (Lipinski definition) is 7. The van der Waals surface area contributed by atoms with Gasteiger partial charge < -0.3 is 19.3 Å². The molecule has 0 atom stereocenters. The lowest BCUT2D eigenvalue weighted by Gasteiger charge is -2.06. The second-order valence-electron chi connectivity index (χ2n) is 5.51. The average Bonchev–Trinajstić information content (AvgIpc) is 2.69. The molecule has 2 aromatic rings. The maximum atomic E-state index is 11.8. The SMILES string of the molecule is O=C(CCCOCCOC(=O)C(=O)c1ccccc1)Oc1ccc(O)cc1. The summed E-state index contributed by atoms with van der Waals surface area (Å²) in [5.41, 5.74) is 0.274. The molecule has 2 rings (SSSR count). The zero-order chi connectivity index (χ0) is 19.5. The van der Waals surface area contributed by atoms with Gasteiger partial charge in [0.25, 0.3) is 5.78 Å². The van der Waals surface area contributed by atoms with E-state index in [1.165, 1.54) is 36.4 Å². The van der Waals surface area contributed by atoms with Gasteiger partial charge in [-0.3, -0.25) is 9.59 Å². The zero-order valence-electron chi connectivity index (χ0n) is 14.6. The molecule has 0 spiro atoms. The molecule has 7 heteroatoms. The summed E-state index contributed by atoms with van der Waals surface area (Å²) >= 11 is 0. The number of benzene rings is 2. The van der Waals surface area contributed by atoms with Crippen LogP contribution in [0.1, 0.15) is 23.2 Å². The van der Waals surface area contributed by atoms with Crippen LogP contribution in [0.15, 0.2) is 54.6 Å². The second-order valence-corrected chi connectivity index (χ2v) is 5.51. The Balaban J connectivity index is 1.53. The summed E-state index contributed by atoms with van der Waals surface area (Å²) in [4.78, 5) is 35.0. The maximum Gasteiger partial charge on any atom is 0.379 e. The van der Waals surface area contributed by atoms with E-state index in [2.05, 4.69) is 0 Å². The van der Waals surface area contributed by atoms with Crippen LogP contribution in [0.2, 0.25) is 0 Å². The molecule has 0 saturated heterocycles. The van der Waals surface area contributed by atoms with Crippen molar-refractivity contribution in [3.05, 3.63) is 60.2 Å². The fraction of sp³-hybridized carbons (Fsp3) is 0.250. The third kappa shape index (κ3) is 7.29. The summed E-state index contributed by atoms with van der Waals surface area (Å²) in [5.74, 6) is -1.60. The number of phenols is 1. The molecule has 0 unspecified atom stereocenters. The van der Waals surface area contributed by atoms with Crippen LogP contribution in [0.5, 0.6) is 11.5 Å². The number of carbonyl (C=O) groups excluding carboxylic acids is 3. The molecule has 0 heterocycles. The molecule has 142 valence electrons. The first kappa shape index (κ1) is 20.1. The first-order valence-corrected chi connectivity index (χ1v) is 8.40. The van der Waals surface area contributed by atoms with Gasteiger partial charge in [0.05, 0.1) is 6.61 Å². The quantitative estimate of drug-likeness (QED) is 0.225. The summed E-state index contributed by atoms with van der Waals surface area (Å²) in [6, 6.07) is 14.0. The highest BCUT2D eigenvalue weighted by molar-refractivity contribution is 6.40. The van der Waals surface area contributed by atoms with Crippen LogP contribution < -0.4 is 4.74 Å². The van der Waals surface area contributed by atoms with Crippen molar-refractivity contribution in [3.8, 4) is 11.5 Å². The highest BCUT2D eigenvalue weighted by Crippen LogP contribution is 2.16. The molecule has 2 aromatic carbocycles. The summed E-state index contributed by atoms with van der Waals surface area (Å²) in [7, 11) is 0. The van der Waals surface area contributed by atoms with E-state index in [-0.39, 0.29) is 37.6 Å². The first-order valence-electron chi connectivity index (χ1n) is 8.40. The molecular weight excluding hydrogens is 352 g/mol. The molecule has 0 amide bonds. The van der Waals surface area contributed by atoms with E-state index < -0.39 is 17.7 Å². The molecule has 27 heavy (non-hydrogen) atoms. The second kappa shape index (κ2) is 10.7. The van der Waals surface area contributed by atoms with Crippen LogP contribution in [0.3, 0.4) is 0 Å². The molecule has 1 N–H and O–H groups in total. The van der Waals surface area contributed by atoms with Crippen molar-refractivity contribution >= 4 is 17.7 Å². The van der Waals surface area contributed by atoms with Crippen LogP contribution in [0, 0.1) is 0 Å². The molecule has 0 aliphatic rings. The number of esters is 2. The van der Waals surface area contributed by atoms with Crippen molar-refractivity contribution in [2.45, 2.75) is 12.8 Å². The van der Waals surface area contributed by atoms with Crippen LogP contribution in [-0.4, -0.2) is 42.6 Å². The molecule has 0 aliphatic carbocycles. The predicted molar refractivity (Wildman–Crippen MR) is 95.5 cm³/mol. The number of phenolic OH excluding ortho intramolecular Hbond substituents is 1. The standard InChI is InChI=1S/C20H20O7/c21-16-8-10-17(11-9-16)27-18(22)7-4-12-25-13-14-26-20(24)19(23)15-5-2-1-3-6-15/h1-3,5-6,8-11,21H,4,7,12-14H2. The fourth-order valence-corrected chi connectivity index (χ4v) is 2.08. The van der Waals surface area contributed by atoms with Crippen molar-refractivity contribution in [1.82, 2.24) is 0 Å². The first-order chi connectivity index (χ1) is 13.1. The van der Waals surface area contributed by atoms with E-state index in [1.807, 2.05) is 0 Å². The van der Waals surface area contributed by atoms with Crippen molar-refractivity contribution in [3.63, 3.8) is 0 Å². The minimum absolute atomic E-state index is 0.0463. The van der Waals surface area contributed by atoms with Gasteiger partial charge >= 0.3 is 11.9 Å². The summed E-state index contributed by atoms with van der Waals surface area (Å²) in [6.45, 7) is 0.366. The van der Waals surface area contributed by atoms with Crippen molar-refractivity contribution in [2.75, 3.05) is 19.8 Å². The molecule has 0 aliphatic heterocycles. The van der Waals surface area contributed by atoms with Gasteiger partial charge in [-0.2, -0.15) is 0 Å². The topological polar surface area (TPSA) is 99.1 Å². The largest absolute Gasteiger partial charge is 0.508 e. The number of rotatable bonds is 10. The van der Waals surface area contributed by atoms with Gasteiger partial charge in [0.1, 0.15) is 18.1 Å². The highest BCUT2D eigenvalue weighted by Gasteiger charge is 2.17. The fourth-order valence-electron chi connectivity index (χ4n) is 2.08. The van der Waals surface area contributed by atoms with E-state index >= 15 is 0 Å². The number of ether oxygens (including phenoxy) is 3.